The highest BCUT2D eigenvalue weighted by atomic mass is 32.2. The summed E-state index contributed by atoms with van der Waals surface area (Å²) < 4.78 is 22.3. The van der Waals surface area contributed by atoms with Gasteiger partial charge < -0.3 is 9.84 Å². The van der Waals surface area contributed by atoms with Crippen molar-refractivity contribution in [3.63, 3.8) is 0 Å². The van der Waals surface area contributed by atoms with Crippen molar-refractivity contribution in [3.05, 3.63) is 45.6 Å². The Labute approximate surface area is 189 Å². The number of amides is 1. The molecule has 0 radical (unpaired) electrons. The molecule has 2 rings (SSSR count). The molecule has 1 aromatic heterocycles. The van der Waals surface area contributed by atoms with Crippen molar-refractivity contribution in [3.8, 4) is 0 Å². The zero-order valence-corrected chi connectivity index (χ0v) is 20.9. The number of rotatable bonds is 8. The van der Waals surface area contributed by atoms with Crippen LogP contribution < -0.4 is 5.14 Å². The van der Waals surface area contributed by atoms with Gasteiger partial charge in [0.2, 0.25) is 0 Å². The SMILES string of the molecule is COCc1cc(C(C)C)c(CC(=O)N=S(N)(=O)c2cnc(C(C)(C)O)s2)c(C(C)C)c1. The van der Waals surface area contributed by atoms with Crippen molar-refractivity contribution in [2.75, 3.05) is 7.11 Å². The molecule has 1 heterocycles. The lowest BCUT2D eigenvalue weighted by molar-refractivity contribution is -0.117. The normalized spacial score (nSPS) is 14.2. The molecule has 172 valence electrons. The highest BCUT2D eigenvalue weighted by Gasteiger charge is 2.24. The van der Waals surface area contributed by atoms with Gasteiger partial charge in [0, 0.05) is 7.11 Å². The molecule has 0 saturated heterocycles. The molecule has 2 aromatic rings. The van der Waals surface area contributed by atoms with E-state index in [1.54, 1.807) is 21.0 Å². The van der Waals surface area contributed by atoms with Crippen LogP contribution in [0.15, 0.2) is 26.9 Å². The van der Waals surface area contributed by atoms with Gasteiger partial charge >= 0.3 is 0 Å². The van der Waals surface area contributed by atoms with Crippen LogP contribution in [0.5, 0.6) is 0 Å². The van der Waals surface area contributed by atoms with Gasteiger partial charge in [0.1, 0.15) is 14.8 Å². The third kappa shape index (κ3) is 6.43. The Morgan fingerprint density at radius 3 is 2.23 bits per heavy atom. The van der Waals surface area contributed by atoms with Crippen LogP contribution in [-0.4, -0.2) is 27.3 Å². The molecule has 0 saturated carbocycles. The third-order valence-corrected chi connectivity index (χ3v) is 8.02. The summed E-state index contributed by atoms with van der Waals surface area (Å²) in [7, 11) is -1.80. The molecule has 31 heavy (non-hydrogen) atoms. The summed E-state index contributed by atoms with van der Waals surface area (Å²) in [5.41, 5.74) is 2.86. The summed E-state index contributed by atoms with van der Waals surface area (Å²) in [6.45, 7) is 11.9. The number of hydrogen-bond donors (Lipinski definition) is 2. The Kier molecular flexibility index (Phi) is 8.15. The predicted octanol–water partition coefficient (Wildman–Crippen LogP) is 4.23. The second-order valence-corrected chi connectivity index (χ2v) is 11.8. The first kappa shape index (κ1) is 25.6. The van der Waals surface area contributed by atoms with E-state index in [0.29, 0.717) is 11.6 Å². The smallest absolute Gasteiger partial charge is 0.259 e. The molecular formula is C22H33N3O4S2. The number of methoxy groups -OCH3 is 1. The van der Waals surface area contributed by atoms with Gasteiger partial charge in [-0.1, -0.05) is 39.8 Å². The van der Waals surface area contributed by atoms with Gasteiger partial charge in [-0.15, -0.1) is 15.7 Å². The van der Waals surface area contributed by atoms with Crippen LogP contribution >= 0.6 is 11.3 Å². The van der Waals surface area contributed by atoms with E-state index >= 15 is 0 Å². The van der Waals surface area contributed by atoms with Gasteiger partial charge in [0.15, 0.2) is 9.92 Å². The number of nitrogens with two attached hydrogens (primary N) is 1. The minimum absolute atomic E-state index is 0.0135. The standard InChI is InChI=1S/C22H33N3O4S2/c1-13(2)16-8-15(12-29-7)9-17(14(3)4)18(16)10-19(26)25-31(23,28)20-11-24-21(30-20)22(5,6)27/h8-9,11,13-14,27H,10,12H2,1-7H3,(H2,23,25,26,28). The molecule has 1 atom stereocenters. The Balaban J connectivity index is 2.46. The van der Waals surface area contributed by atoms with Crippen LogP contribution in [0.4, 0.5) is 0 Å². The van der Waals surface area contributed by atoms with Crippen LogP contribution in [0.25, 0.3) is 0 Å². The topological polar surface area (TPSA) is 115 Å². The summed E-state index contributed by atoms with van der Waals surface area (Å²) >= 11 is 0.997. The molecule has 0 aliphatic carbocycles. The van der Waals surface area contributed by atoms with E-state index in [1.165, 1.54) is 6.20 Å². The maximum absolute atomic E-state index is 13.0. The van der Waals surface area contributed by atoms with Gasteiger partial charge in [0.25, 0.3) is 5.91 Å². The number of benzene rings is 1. The summed E-state index contributed by atoms with van der Waals surface area (Å²) in [6, 6.07) is 4.11. The van der Waals surface area contributed by atoms with E-state index in [-0.39, 0.29) is 22.5 Å². The van der Waals surface area contributed by atoms with E-state index in [9.17, 15) is 14.1 Å². The van der Waals surface area contributed by atoms with Crippen molar-refractivity contribution in [2.24, 2.45) is 9.50 Å². The molecule has 0 fully saturated rings. The van der Waals surface area contributed by atoms with Gasteiger partial charge in [-0.3, -0.25) is 4.79 Å². The fraction of sp³-hybridized carbons (Fsp3) is 0.545. The van der Waals surface area contributed by atoms with Crippen molar-refractivity contribution in [2.45, 2.75) is 76.2 Å². The summed E-state index contributed by atoms with van der Waals surface area (Å²) in [4.78, 5) is 16.9. The number of hydrogen-bond acceptors (Lipinski definition) is 6. The Bertz CT molecular complexity index is 1030. The Morgan fingerprint density at radius 1 is 1.26 bits per heavy atom. The predicted molar refractivity (Wildman–Crippen MR) is 124 cm³/mol. The molecule has 3 N–H and O–H groups in total. The van der Waals surface area contributed by atoms with Crippen molar-refractivity contribution in [1.29, 1.82) is 0 Å². The fourth-order valence-electron chi connectivity index (χ4n) is 3.32. The van der Waals surface area contributed by atoms with Gasteiger partial charge in [-0.05, 0) is 47.9 Å². The number of thiazole rings is 1. The van der Waals surface area contributed by atoms with Crippen molar-refractivity contribution in [1.82, 2.24) is 4.98 Å². The minimum atomic E-state index is -3.45. The molecule has 1 aromatic carbocycles. The lowest BCUT2D eigenvalue weighted by atomic mass is 9.85. The number of aliphatic hydroxyl groups is 1. The fourth-order valence-corrected chi connectivity index (χ4v) is 5.46. The van der Waals surface area contributed by atoms with Crippen LogP contribution in [0.3, 0.4) is 0 Å². The van der Waals surface area contributed by atoms with Crippen LogP contribution in [0, 0.1) is 0 Å². The zero-order valence-electron chi connectivity index (χ0n) is 19.3. The van der Waals surface area contributed by atoms with Gasteiger partial charge in [-0.25, -0.2) is 14.3 Å². The molecule has 1 unspecified atom stereocenters. The van der Waals surface area contributed by atoms with Crippen LogP contribution in [0.2, 0.25) is 0 Å². The van der Waals surface area contributed by atoms with E-state index in [0.717, 1.165) is 33.6 Å². The first-order valence-corrected chi connectivity index (χ1v) is 12.6. The van der Waals surface area contributed by atoms with Crippen molar-refractivity contribution < 1.29 is 18.8 Å². The summed E-state index contributed by atoms with van der Waals surface area (Å²) in [6.07, 6.45) is 1.33. The molecule has 0 aliphatic heterocycles. The number of carbonyl (C=O) groups is 1. The first-order chi connectivity index (χ1) is 14.3. The second-order valence-electron chi connectivity index (χ2n) is 8.77. The maximum atomic E-state index is 13.0. The van der Waals surface area contributed by atoms with E-state index in [4.69, 9.17) is 9.88 Å². The molecular weight excluding hydrogens is 434 g/mol. The monoisotopic (exact) mass is 467 g/mol. The highest BCUT2D eigenvalue weighted by molar-refractivity contribution is 7.93. The third-order valence-electron chi connectivity index (χ3n) is 4.80. The highest BCUT2D eigenvalue weighted by Crippen LogP contribution is 2.31. The summed E-state index contributed by atoms with van der Waals surface area (Å²) in [5.74, 6) is -0.167. The Morgan fingerprint density at radius 2 is 1.81 bits per heavy atom. The Hall–Kier alpha value is -1.65. The molecule has 1 amide bonds. The van der Waals surface area contributed by atoms with E-state index < -0.39 is 21.4 Å². The molecule has 9 heteroatoms. The lowest BCUT2D eigenvalue weighted by Gasteiger charge is -2.21. The largest absolute Gasteiger partial charge is 0.383 e. The van der Waals surface area contributed by atoms with E-state index in [2.05, 4.69) is 49.2 Å². The van der Waals surface area contributed by atoms with Gasteiger partial charge in [-0.2, -0.15) is 0 Å². The zero-order chi connectivity index (χ0) is 23.6. The van der Waals surface area contributed by atoms with Crippen LogP contribution in [-0.2, 0) is 38.1 Å². The number of aromatic nitrogens is 1. The molecule has 0 bridgehead atoms. The molecule has 0 spiro atoms. The number of nitrogens with zero attached hydrogens (tertiary/aromatic N) is 2. The summed E-state index contributed by atoms with van der Waals surface area (Å²) in [5, 5.41) is 16.4. The average Bonchev–Trinajstić information content (AvgIpc) is 3.13. The number of carbonyl (C=O) groups excluding carboxylic acids is 1. The quantitative estimate of drug-likeness (QED) is 0.603. The number of ether oxygens (including phenoxy) is 1. The lowest BCUT2D eigenvalue weighted by Crippen LogP contribution is -2.16. The first-order valence-electron chi connectivity index (χ1n) is 10.2. The van der Waals surface area contributed by atoms with Gasteiger partial charge in [0.05, 0.1) is 19.2 Å². The average molecular weight is 468 g/mol. The second kappa shape index (κ2) is 9.87. The molecule has 7 nitrogen and oxygen atoms in total. The maximum Gasteiger partial charge on any atom is 0.259 e. The molecule has 0 aliphatic rings. The van der Waals surface area contributed by atoms with Crippen molar-refractivity contribution >= 4 is 27.2 Å². The van der Waals surface area contributed by atoms with Crippen LogP contribution in [0.1, 0.15) is 80.6 Å². The minimum Gasteiger partial charge on any atom is -0.383 e. The van der Waals surface area contributed by atoms with E-state index in [1.807, 2.05) is 0 Å².